The average Bonchev–Trinajstić information content (AvgIpc) is 3.15. The summed E-state index contributed by atoms with van der Waals surface area (Å²) in [6.45, 7) is 9.52. The first-order valence-corrected chi connectivity index (χ1v) is 10.4. The minimum absolute atomic E-state index is 0.0244. The molecule has 1 saturated heterocycles. The van der Waals surface area contributed by atoms with Crippen molar-refractivity contribution in [2.45, 2.75) is 84.5 Å². The van der Waals surface area contributed by atoms with Crippen LogP contribution < -0.4 is 16.4 Å². The largest absolute Gasteiger partial charge is 0.480 e. The van der Waals surface area contributed by atoms with E-state index < -0.39 is 47.9 Å². The van der Waals surface area contributed by atoms with Gasteiger partial charge in [0.05, 0.1) is 6.04 Å². The molecule has 9 nitrogen and oxygen atoms in total. The molecule has 29 heavy (non-hydrogen) atoms. The molecule has 0 saturated carbocycles. The van der Waals surface area contributed by atoms with Crippen molar-refractivity contribution in [3.63, 3.8) is 0 Å². The van der Waals surface area contributed by atoms with E-state index in [1.54, 1.807) is 0 Å². The van der Waals surface area contributed by atoms with Gasteiger partial charge in [0, 0.05) is 6.54 Å². The molecule has 166 valence electrons. The number of carbonyl (C=O) groups excluding carboxylic acids is 3. The maximum absolute atomic E-state index is 13.0. The molecule has 5 N–H and O–H groups in total. The summed E-state index contributed by atoms with van der Waals surface area (Å²) in [6.07, 6.45) is 2.13. The summed E-state index contributed by atoms with van der Waals surface area (Å²) >= 11 is 0. The third kappa shape index (κ3) is 6.99. The van der Waals surface area contributed by atoms with Crippen LogP contribution in [0.5, 0.6) is 0 Å². The van der Waals surface area contributed by atoms with Crippen molar-refractivity contribution in [1.29, 1.82) is 0 Å². The molecule has 0 radical (unpaired) electrons. The first-order chi connectivity index (χ1) is 13.5. The van der Waals surface area contributed by atoms with E-state index in [4.69, 9.17) is 5.73 Å². The van der Waals surface area contributed by atoms with E-state index in [0.29, 0.717) is 25.8 Å². The highest BCUT2D eigenvalue weighted by atomic mass is 16.4. The Morgan fingerprint density at radius 1 is 1.10 bits per heavy atom. The summed E-state index contributed by atoms with van der Waals surface area (Å²) in [5.41, 5.74) is 5.90. The highest BCUT2D eigenvalue weighted by Gasteiger charge is 2.38. The molecule has 0 bridgehead atoms. The molecular weight excluding hydrogens is 376 g/mol. The van der Waals surface area contributed by atoms with Gasteiger partial charge in [-0.2, -0.15) is 0 Å². The molecular formula is C20H36N4O5. The standard InChI is InChI=1S/C20H36N4O5/c1-6-12(4)16(21)18(26)22-13(5)17(25)23-14(10-11(2)3)19(27)24-9-7-8-15(24)20(28)29/h11-16H,6-10,21H2,1-5H3,(H,22,26)(H,23,25)(H,28,29). The number of rotatable bonds is 10. The molecule has 1 aliphatic rings. The SMILES string of the molecule is CCC(C)C(N)C(=O)NC(C)C(=O)NC(CC(C)C)C(=O)N1CCCC1C(=O)O. The minimum atomic E-state index is -1.04. The van der Waals surface area contributed by atoms with Crippen LogP contribution in [-0.2, 0) is 19.2 Å². The molecule has 0 aromatic rings. The second-order valence-corrected chi connectivity index (χ2v) is 8.36. The van der Waals surface area contributed by atoms with Crippen LogP contribution in [0.1, 0.15) is 60.3 Å². The number of aliphatic carboxylic acids is 1. The highest BCUT2D eigenvalue weighted by Crippen LogP contribution is 2.20. The lowest BCUT2D eigenvalue weighted by molar-refractivity contribution is -0.149. The molecule has 1 aliphatic heterocycles. The average molecular weight is 413 g/mol. The number of amides is 3. The molecule has 1 fully saturated rings. The number of likely N-dealkylation sites (tertiary alicyclic amines) is 1. The van der Waals surface area contributed by atoms with Crippen molar-refractivity contribution in [2.24, 2.45) is 17.6 Å². The van der Waals surface area contributed by atoms with Crippen LogP contribution in [0.15, 0.2) is 0 Å². The number of carbonyl (C=O) groups is 4. The Bertz CT molecular complexity index is 610. The van der Waals surface area contributed by atoms with Gasteiger partial charge in [-0.25, -0.2) is 4.79 Å². The van der Waals surface area contributed by atoms with E-state index in [9.17, 15) is 24.3 Å². The van der Waals surface area contributed by atoms with E-state index in [0.717, 1.165) is 6.42 Å². The van der Waals surface area contributed by atoms with Crippen molar-refractivity contribution in [2.75, 3.05) is 6.54 Å². The number of carboxylic acids is 1. The second kappa shape index (κ2) is 11.1. The zero-order valence-electron chi connectivity index (χ0n) is 18.1. The van der Waals surface area contributed by atoms with Gasteiger partial charge in [-0.1, -0.05) is 34.1 Å². The van der Waals surface area contributed by atoms with Gasteiger partial charge in [0.1, 0.15) is 18.1 Å². The lowest BCUT2D eigenvalue weighted by Crippen LogP contribution is -2.57. The number of nitrogens with two attached hydrogens (primary N) is 1. The summed E-state index contributed by atoms with van der Waals surface area (Å²) in [5.74, 6) is -2.27. The van der Waals surface area contributed by atoms with Crippen molar-refractivity contribution in [1.82, 2.24) is 15.5 Å². The van der Waals surface area contributed by atoms with Crippen LogP contribution in [0.3, 0.4) is 0 Å². The Kier molecular flexibility index (Phi) is 9.55. The van der Waals surface area contributed by atoms with Crippen LogP contribution in [0.2, 0.25) is 0 Å². The molecule has 1 rings (SSSR count). The number of hydrogen-bond acceptors (Lipinski definition) is 5. The summed E-state index contributed by atoms with van der Waals surface area (Å²) in [6, 6.07) is -3.29. The monoisotopic (exact) mass is 412 g/mol. The van der Waals surface area contributed by atoms with Gasteiger partial charge >= 0.3 is 5.97 Å². The molecule has 5 atom stereocenters. The Hall–Kier alpha value is -2.16. The normalized spacial score (nSPS) is 20.7. The smallest absolute Gasteiger partial charge is 0.326 e. The topological polar surface area (TPSA) is 142 Å². The third-order valence-corrected chi connectivity index (χ3v) is 5.45. The fraction of sp³-hybridized carbons (Fsp3) is 0.800. The van der Waals surface area contributed by atoms with Crippen molar-refractivity contribution < 1.29 is 24.3 Å². The highest BCUT2D eigenvalue weighted by molar-refractivity contribution is 5.94. The molecule has 0 aromatic heterocycles. The van der Waals surface area contributed by atoms with Crippen LogP contribution >= 0.6 is 0 Å². The van der Waals surface area contributed by atoms with E-state index in [1.807, 2.05) is 27.7 Å². The Morgan fingerprint density at radius 3 is 2.24 bits per heavy atom. The van der Waals surface area contributed by atoms with Crippen molar-refractivity contribution in [3.05, 3.63) is 0 Å². The van der Waals surface area contributed by atoms with Crippen molar-refractivity contribution in [3.8, 4) is 0 Å². The summed E-state index contributed by atoms with van der Waals surface area (Å²) in [7, 11) is 0. The van der Waals surface area contributed by atoms with E-state index in [2.05, 4.69) is 10.6 Å². The summed E-state index contributed by atoms with van der Waals surface area (Å²) < 4.78 is 0. The van der Waals surface area contributed by atoms with Gasteiger partial charge in [0.15, 0.2) is 0 Å². The van der Waals surface area contributed by atoms with Crippen LogP contribution in [0, 0.1) is 11.8 Å². The summed E-state index contributed by atoms with van der Waals surface area (Å²) in [4.78, 5) is 50.5. The number of carboxylic acid groups (broad SMARTS) is 1. The van der Waals surface area contributed by atoms with Gasteiger partial charge in [-0.15, -0.1) is 0 Å². The zero-order chi connectivity index (χ0) is 22.3. The van der Waals surface area contributed by atoms with Gasteiger partial charge in [-0.05, 0) is 38.0 Å². The maximum Gasteiger partial charge on any atom is 0.326 e. The van der Waals surface area contributed by atoms with E-state index in [-0.39, 0.29) is 11.8 Å². The minimum Gasteiger partial charge on any atom is -0.480 e. The predicted octanol–water partition coefficient (Wildman–Crippen LogP) is 0.471. The maximum atomic E-state index is 13.0. The quantitative estimate of drug-likeness (QED) is 0.411. The lowest BCUT2D eigenvalue weighted by Gasteiger charge is -2.29. The van der Waals surface area contributed by atoms with Crippen LogP contribution in [-0.4, -0.2) is 64.4 Å². The summed E-state index contributed by atoms with van der Waals surface area (Å²) in [5, 5.41) is 14.6. The first-order valence-electron chi connectivity index (χ1n) is 10.4. The van der Waals surface area contributed by atoms with Crippen LogP contribution in [0.25, 0.3) is 0 Å². The number of hydrogen-bond donors (Lipinski definition) is 4. The first kappa shape index (κ1) is 24.9. The van der Waals surface area contributed by atoms with Gasteiger partial charge in [0.2, 0.25) is 17.7 Å². The van der Waals surface area contributed by atoms with Crippen LogP contribution in [0.4, 0.5) is 0 Å². The fourth-order valence-corrected chi connectivity index (χ4v) is 3.36. The third-order valence-electron chi connectivity index (χ3n) is 5.45. The molecule has 0 aliphatic carbocycles. The molecule has 5 unspecified atom stereocenters. The molecule has 9 heteroatoms. The van der Waals surface area contributed by atoms with Gasteiger partial charge in [-0.3, -0.25) is 14.4 Å². The molecule has 0 spiro atoms. The zero-order valence-corrected chi connectivity index (χ0v) is 18.1. The van der Waals surface area contributed by atoms with Gasteiger partial charge < -0.3 is 26.4 Å². The molecule has 1 heterocycles. The molecule has 3 amide bonds. The van der Waals surface area contributed by atoms with E-state index in [1.165, 1.54) is 11.8 Å². The predicted molar refractivity (Wildman–Crippen MR) is 109 cm³/mol. The number of nitrogens with zero attached hydrogens (tertiary/aromatic N) is 1. The van der Waals surface area contributed by atoms with E-state index >= 15 is 0 Å². The van der Waals surface area contributed by atoms with Crippen molar-refractivity contribution >= 4 is 23.7 Å². The Labute approximate surface area is 172 Å². The lowest BCUT2D eigenvalue weighted by atomic mass is 9.99. The Balaban J connectivity index is 2.81. The Morgan fingerprint density at radius 2 is 1.72 bits per heavy atom. The second-order valence-electron chi connectivity index (χ2n) is 8.36. The molecule has 0 aromatic carbocycles. The van der Waals surface area contributed by atoms with Gasteiger partial charge in [0.25, 0.3) is 0 Å². The fourth-order valence-electron chi connectivity index (χ4n) is 3.36. The number of nitrogens with one attached hydrogen (secondary N) is 2.